The average Bonchev–Trinajstić information content (AvgIpc) is 2.36. The molecule has 0 bridgehead atoms. The van der Waals surface area contributed by atoms with Crippen LogP contribution in [0.25, 0.3) is 0 Å². The van der Waals surface area contributed by atoms with Crippen molar-refractivity contribution in [3.63, 3.8) is 0 Å². The molecule has 1 rings (SSSR count). The van der Waals surface area contributed by atoms with Gasteiger partial charge in [-0.3, -0.25) is 14.4 Å². The Morgan fingerprint density at radius 3 is 2.15 bits per heavy atom. The largest absolute Gasteiger partial charge is 0.277 e. The van der Waals surface area contributed by atoms with E-state index in [4.69, 9.17) is 4.84 Å². The van der Waals surface area contributed by atoms with E-state index in [0.29, 0.717) is 0 Å². The van der Waals surface area contributed by atoms with Gasteiger partial charge in [0, 0.05) is 12.2 Å². The van der Waals surface area contributed by atoms with Crippen LogP contribution in [0.1, 0.15) is 27.2 Å². The lowest BCUT2D eigenvalue weighted by molar-refractivity contribution is -0.221. The molecule has 4 nitrogen and oxygen atoms in total. The van der Waals surface area contributed by atoms with Crippen molar-refractivity contribution in [3.05, 3.63) is 12.2 Å². The monoisotopic (exact) mass is 183 g/mol. The predicted molar refractivity (Wildman–Crippen MR) is 46.4 cm³/mol. The standard InChI is InChI=1S/C9H13NO3/c1-4-9(2,3)13-10-7(11)5-6-8(10)12/h5-6H,4H2,1-3H3. The molecule has 72 valence electrons. The van der Waals surface area contributed by atoms with Gasteiger partial charge >= 0.3 is 0 Å². The second-order valence-electron chi connectivity index (χ2n) is 3.51. The molecule has 1 heterocycles. The minimum atomic E-state index is -0.489. The highest BCUT2D eigenvalue weighted by atomic mass is 16.7. The molecule has 13 heavy (non-hydrogen) atoms. The van der Waals surface area contributed by atoms with Crippen molar-refractivity contribution in [2.24, 2.45) is 0 Å². The Morgan fingerprint density at radius 2 is 1.77 bits per heavy atom. The van der Waals surface area contributed by atoms with Crippen LogP contribution in [0.3, 0.4) is 0 Å². The number of amides is 2. The molecule has 0 aromatic heterocycles. The van der Waals surface area contributed by atoms with Gasteiger partial charge in [-0.15, -0.1) is 5.06 Å². The van der Waals surface area contributed by atoms with Gasteiger partial charge in [-0.25, -0.2) is 0 Å². The smallest absolute Gasteiger partial charge is 0.267 e. The Hall–Kier alpha value is -1.16. The summed E-state index contributed by atoms with van der Waals surface area (Å²) in [7, 11) is 0. The molecular weight excluding hydrogens is 170 g/mol. The summed E-state index contributed by atoms with van der Waals surface area (Å²) >= 11 is 0. The van der Waals surface area contributed by atoms with Gasteiger partial charge in [0.25, 0.3) is 11.8 Å². The zero-order chi connectivity index (χ0) is 10.1. The Bertz CT molecular complexity index is 250. The lowest BCUT2D eigenvalue weighted by atomic mass is 10.1. The molecule has 1 aliphatic heterocycles. The van der Waals surface area contributed by atoms with Crippen LogP contribution in [0.2, 0.25) is 0 Å². The molecular formula is C9H13NO3. The number of imide groups is 1. The summed E-state index contributed by atoms with van der Waals surface area (Å²) in [5, 5.41) is 0.795. The molecule has 2 amide bonds. The van der Waals surface area contributed by atoms with Crippen LogP contribution in [0.5, 0.6) is 0 Å². The van der Waals surface area contributed by atoms with E-state index in [1.165, 1.54) is 12.2 Å². The second kappa shape index (κ2) is 3.30. The quantitative estimate of drug-likeness (QED) is 0.614. The van der Waals surface area contributed by atoms with Crippen LogP contribution in [0, 0.1) is 0 Å². The molecule has 0 atom stereocenters. The molecule has 0 fully saturated rings. The summed E-state index contributed by atoms with van der Waals surface area (Å²) in [5.41, 5.74) is -0.489. The number of carbonyl (C=O) groups excluding carboxylic acids is 2. The Balaban J connectivity index is 2.65. The minimum Gasteiger partial charge on any atom is -0.267 e. The normalized spacial score (nSPS) is 17.3. The third-order valence-electron chi connectivity index (χ3n) is 1.96. The molecule has 0 N–H and O–H groups in total. The van der Waals surface area contributed by atoms with Crippen LogP contribution < -0.4 is 0 Å². The van der Waals surface area contributed by atoms with E-state index in [1.807, 2.05) is 20.8 Å². The Kier molecular flexibility index (Phi) is 2.52. The molecule has 0 spiro atoms. The maximum atomic E-state index is 11.1. The Morgan fingerprint density at radius 1 is 1.31 bits per heavy atom. The first-order valence-corrected chi connectivity index (χ1v) is 4.21. The van der Waals surface area contributed by atoms with Gasteiger partial charge in [0.1, 0.15) is 0 Å². The zero-order valence-electron chi connectivity index (χ0n) is 8.03. The Labute approximate surface area is 77.1 Å². The first kappa shape index (κ1) is 9.92. The molecule has 0 unspecified atom stereocenters. The number of hydrogen-bond acceptors (Lipinski definition) is 3. The van der Waals surface area contributed by atoms with E-state index in [-0.39, 0.29) is 0 Å². The van der Waals surface area contributed by atoms with E-state index in [0.717, 1.165) is 11.5 Å². The highest BCUT2D eigenvalue weighted by molar-refractivity contribution is 6.11. The second-order valence-corrected chi connectivity index (χ2v) is 3.51. The zero-order valence-corrected chi connectivity index (χ0v) is 8.03. The van der Waals surface area contributed by atoms with Crippen molar-refractivity contribution in [2.45, 2.75) is 32.8 Å². The lowest BCUT2D eigenvalue weighted by Crippen LogP contribution is -2.39. The molecule has 0 radical (unpaired) electrons. The molecule has 0 aliphatic carbocycles. The van der Waals surface area contributed by atoms with Gasteiger partial charge in [0.15, 0.2) is 0 Å². The molecule has 0 saturated carbocycles. The summed E-state index contributed by atoms with van der Waals surface area (Å²) in [4.78, 5) is 27.4. The number of carbonyl (C=O) groups is 2. The average molecular weight is 183 g/mol. The third kappa shape index (κ3) is 2.15. The number of hydroxylamine groups is 2. The molecule has 1 aliphatic rings. The van der Waals surface area contributed by atoms with Crippen molar-refractivity contribution in [1.82, 2.24) is 5.06 Å². The first-order chi connectivity index (χ1) is 5.96. The van der Waals surface area contributed by atoms with Crippen molar-refractivity contribution in [1.29, 1.82) is 0 Å². The fourth-order valence-electron chi connectivity index (χ4n) is 0.788. The summed E-state index contributed by atoms with van der Waals surface area (Å²) in [6.45, 7) is 5.58. The topological polar surface area (TPSA) is 46.6 Å². The van der Waals surface area contributed by atoms with Gasteiger partial charge in [-0.05, 0) is 20.3 Å². The molecule has 0 saturated heterocycles. The fraction of sp³-hybridized carbons (Fsp3) is 0.556. The minimum absolute atomic E-state index is 0.411. The molecule has 0 aromatic carbocycles. The van der Waals surface area contributed by atoms with Gasteiger partial charge in [0.2, 0.25) is 0 Å². The summed E-state index contributed by atoms with van der Waals surface area (Å²) in [6, 6.07) is 0. The molecule has 0 aromatic rings. The fourth-order valence-corrected chi connectivity index (χ4v) is 0.788. The van der Waals surface area contributed by atoms with Crippen molar-refractivity contribution < 1.29 is 14.4 Å². The van der Waals surface area contributed by atoms with Crippen LogP contribution in [0.4, 0.5) is 0 Å². The van der Waals surface area contributed by atoms with Crippen molar-refractivity contribution in [2.75, 3.05) is 0 Å². The highest BCUT2D eigenvalue weighted by Crippen LogP contribution is 2.18. The summed E-state index contributed by atoms with van der Waals surface area (Å²) in [6.07, 6.45) is 3.13. The van der Waals surface area contributed by atoms with Crippen molar-refractivity contribution in [3.8, 4) is 0 Å². The van der Waals surface area contributed by atoms with Gasteiger partial charge in [-0.1, -0.05) is 6.92 Å². The van der Waals surface area contributed by atoms with E-state index in [2.05, 4.69) is 0 Å². The van der Waals surface area contributed by atoms with E-state index < -0.39 is 17.4 Å². The van der Waals surface area contributed by atoms with Crippen molar-refractivity contribution >= 4 is 11.8 Å². The van der Waals surface area contributed by atoms with Crippen LogP contribution in [-0.4, -0.2) is 22.5 Å². The number of hydrogen-bond donors (Lipinski definition) is 0. The maximum Gasteiger partial charge on any atom is 0.277 e. The first-order valence-electron chi connectivity index (χ1n) is 4.21. The highest BCUT2D eigenvalue weighted by Gasteiger charge is 2.30. The number of rotatable bonds is 3. The third-order valence-corrected chi connectivity index (χ3v) is 1.96. The number of nitrogens with zero attached hydrogens (tertiary/aromatic N) is 1. The van der Waals surface area contributed by atoms with Crippen LogP contribution in [-0.2, 0) is 14.4 Å². The van der Waals surface area contributed by atoms with E-state index >= 15 is 0 Å². The van der Waals surface area contributed by atoms with E-state index in [1.54, 1.807) is 0 Å². The van der Waals surface area contributed by atoms with E-state index in [9.17, 15) is 9.59 Å². The SMILES string of the molecule is CCC(C)(C)ON1C(=O)C=CC1=O. The van der Waals surface area contributed by atoms with Gasteiger partial charge in [-0.2, -0.15) is 0 Å². The van der Waals surface area contributed by atoms with Crippen LogP contribution in [0.15, 0.2) is 12.2 Å². The molecule has 4 heteroatoms. The van der Waals surface area contributed by atoms with Gasteiger partial charge < -0.3 is 0 Å². The van der Waals surface area contributed by atoms with Gasteiger partial charge in [0.05, 0.1) is 5.60 Å². The summed E-state index contributed by atoms with van der Waals surface area (Å²) < 4.78 is 0. The predicted octanol–water partition coefficient (Wildman–Crippen LogP) is 1.03. The maximum absolute atomic E-state index is 11.1. The summed E-state index contributed by atoms with van der Waals surface area (Å²) in [5.74, 6) is -0.821. The van der Waals surface area contributed by atoms with Crippen LogP contribution >= 0.6 is 0 Å². The lowest BCUT2D eigenvalue weighted by Gasteiger charge is -2.27.